The van der Waals surface area contributed by atoms with Gasteiger partial charge in [-0.05, 0) is 57.6 Å². The average molecular weight is 243 g/mol. The van der Waals surface area contributed by atoms with Crippen LogP contribution in [0.3, 0.4) is 0 Å². The molecule has 1 saturated carbocycles. The Labute approximate surface area is 111 Å². The fraction of sp³-hybridized carbons (Fsp3) is 0.529. The molecule has 1 fully saturated rings. The van der Waals surface area contributed by atoms with Crippen LogP contribution in [-0.2, 0) is 6.42 Å². The van der Waals surface area contributed by atoms with E-state index in [4.69, 9.17) is 0 Å². The van der Waals surface area contributed by atoms with Crippen molar-refractivity contribution in [3.05, 3.63) is 47.5 Å². The molecular weight excluding hydrogens is 218 g/mol. The van der Waals surface area contributed by atoms with Crippen LogP contribution in [-0.4, -0.2) is 12.6 Å². The summed E-state index contributed by atoms with van der Waals surface area (Å²) in [7, 11) is 0. The first-order valence-corrected chi connectivity index (χ1v) is 7.27. The number of hydrogen-bond donors (Lipinski definition) is 1. The summed E-state index contributed by atoms with van der Waals surface area (Å²) in [6.07, 6.45) is 10.1. The van der Waals surface area contributed by atoms with E-state index in [9.17, 15) is 0 Å². The van der Waals surface area contributed by atoms with Gasteiger partial charge in [0.15, 0.2) is 0 Å². The molecule has 0 bridgehead atoms. The normalized spacial score (nSPS) is 15.9. The quantitative estimate of drug-likeness (QED) is 0.535. The topological polar surface area (TPSA) is 12.0 Å². The summed E-state index contributed by atoms with van der Waals surface area (Å²) in [5.74, 6) is 0. The minimum atomic E-state index is 0.844. The van der Waals surface area contributed by atoms with Gasteiger partial charge in [0.05, 0.1) is 0 Å². The van der Waals surface area contributed by atoms with E-state index in [1.165, 1.54) is 44.1 Å². The lowest BCUT2D eigenvalue weighted by Gasteiger charge is -2.03. The maximum Gasteiger partial charge on any atom is 0.00683 e. The van der Waals surface area contributed by atoms with Crippen molar-refractivity contribution in [1.82, 2.24) is 5.32 Å². The first-order valence-electron chi connectivity index (χ1n) is 7.27. The third-order valence-corrected chi connectivity index (χ3v) is 3.53. The Morgan fingerprint density at radius 1 is 1.28 bits per heavy atom. The van der Waals surface area contributed by atoms with Gasteiger partial charge in [-0.1, -0.05) is 42.0 Å². The highest BCUT2D eigenvalue weighted by molar-refractivity contribution is 5.14. The zero-order chi connectivity index (χ0) is 12.6. The predicted octanol–water partition coefficient (Wildman–Crippen LogP) is 4.10. The Balaban J connectivity index is 1.55. The summed E-state index contributed by atoms with van der Waals surface area (Å²) in [6, 6.07) is 11.6. The van der Waals surface area contributed by atoms with Crippen molar-refractivity contribution in [2.45, 2.75) is 51.5 Å². The van der Waals surface area contributed by atoms with Crippen LogP contribution < -0.4 is 5.32 Å². The largest absolute Gasteiger partial charge is 0.314 e. The molecule has 0 saturated heterocycles. The Morgan fingerprint density at radius 2 is 2.06 bits per heavy atom. The standard InChI is InChI=1S/C17H25N/c1-15(8-6-14-18-17-12-13-17)7-5-11-16-9-3-2-4-10-16/h2-4,8-10,17-18H,5-7,11-14H2,1H3. The van der Waals surface area contributed by atoms with Crippen LogP contribution in [0.2, 0.25) is 0 Å². The first-order chi connectivity index (χ1) is 8.84. The molecule has 98 valence electrons. The van der Waals surface area contributed by atoms with Gasteiger partial charge < -0.3 is 5.32 Å². The molecule has 1 heteroatoms. The Morgan fingerprint density at radius 3 is 2.78 bits per heavy atom. The summed E-state index contributed by atoms with van der Waals surface area (Å²) in [5.41, 5.74) is 3.00. The van der Waals surface area contributed by atoms with Gasteiger partial charge in [0, 0.05) is 6.04 Å². The molecule has 1 N–H and O–H groups in total. The smallest absolute Gasteiger partial charge is 0.00683 e. The van der Waals surface area contributed by atoms with Crippen LogP contribution in [0, 0.1) is 0 Å². The molecule has 0 aromatic heterocycles. The third kappa shape index (κ3) is 5.50. The Hall–Kier alpha value is -1.08. The van der Waals surface area contributed by atoms with Crippen LogP contribution in [0.4, 0.5) is 0 Å². The maximum atomic E-state index is 3.55. The van der Waals surface area contributed by atoms with E-state index >= 15 is 0 Å². The van der Waals surface area contributed by atoms with Crippen molar-refractivity contribution in [1.29, 1.82) is 0 Å². The molecule has 18 heavy (non-hydrogen) atoms. The third-order valence-electron chi connectivity index (χ3n) is 3.53. The molecule has 0 amide bonds. The minimum Gasteiger partial charge on any atom is -0.314 e. The summed E-state index contributed by atoms with van der Waals surface area (Å²) in [4.78, 5) is 0. The van der Waals surface area contributed by atoms with Crippen molar-refractivity contribution in [3.63, 3.8) is 0 Å². The van der Waals surface area contributed by atoms with Gasteiger partial charge in [-0.2, -0.15) is 0 Å². The number of rotatable bonds is 8. The fourth-order valence-electron chi connectivity index (χ4n) is 2.21. The predicted molar refractivity (Wildman–Crippen MR) is 78.8 cm³/mol. The van der Waals surface area contributed by atoms with Gasteiger partial charge in [-0.15, -0.1) is 0 Å². The summed E-state index contributed by atoms with van der Waals surface area (Å²) in [6.45, 7) is 3.42. The average Bonchev–Trinajstić information content (AvgIpc) is 3.20. The molecule has 1 aliphatic rings. The monoisotopic (exact) mass is 243 g/mol. The van der Waals surface area contributed by atoms with Crippen molar-refractivity contribution in [2.24, 2.45) is 0 Å². The molecule has 1 aromatic carbocycles. The molecule has 0 spiro atoms. The van der Waals surface area contributed by atoms with Crippen LogP contribution in [0.1, 0.15) is 44.6 Å². The SMILES string of the molecule is CC(=CCCNC1CC1)CCCc1ccccc1. The van der Waals surface area contributed by atoms with Crippen molar-refractivity contribution < 1.29 is 0 Å². The van der Waals surface area contributed by atoms with Gasteiger partial charge in [0.2, 0.25) is 0 Å². The van der Waals surface area contributed by atoms with E-state index < -0.39 is 0 Å². The highest BCUT2D eigenvalue weighted by Crippen LogP contribution is 2.18. The number of allylic oxidation sites excluding steroid dienone is 1. The lowest BCUT2D eigenvalue weighted by molar-refractivity contribution is 0.686. The second-order valence-electron chi connectivity index (χ2n) is 5.41. The number of benzene rings is 1. The van der Waals surface area contributed by atoms with Gasteiger partial charge >= 0.3 is 0 Å². The molecule has 0 atom stereocenters. The van der Waals surface area contributed by atoms with Crippen molar-refractivity contribution >= 4 is 0 Å². The molecule has 1 aliphatic carbocycles. The molecule has 0 aliphatic heterocycles. The molecule has 1 aromatic rings. The molecular formula is C17H25N. The Bertz CT molecular complexity index is 362. The first kappa shape index (κ1) is 13.4. The second kappa shape index (κ2) is 7.38. The van der Waals surface area contributed by atoms with Crippen LogP contribution in [0.5, 0.6) is 0 Å². The molecule has 0 unspecified atom stereocenters. The lowest BCUT2D eigenvalue weighted by atomic mass is 10.0. The summed E-state index contributed by atoms with van der Waals surface area (Å²) >= 11 is 0. The number of aryl methyl sites for hydroxylation is 1. The minimum absolute atomic E-state index is 0.844. The van der Waals surface area contributed by atoms with Crippen molar-refractivity contribution in [2.75, 3.05) is 6.54 Å². The van der Waals surface area contributed by atoms with Gasteiger partial charge in [-0.25, -0.2) is 0 Å². The van der Waals surface area contributed by atoms with E-state index in [0.717, 1.165) is 12.6 Å². The number of nitrogens with one attached hydrogen (secondary N) is 1. The van der Waals surface area contributed by atoms with Crippen LogP contribution >= 0.6 is 0 Å². The van der Waals surface area contributed by atoms with Crippen molar-refractivity contribution in [3.8, 4) is 0 Å². The highest BCUT2D eigenvalue weighted by Gasteiger charge is 2.19. The van der Waals surface area contributed by atoms with Crippen LogP contribution in [0.25, 0.3) is 0 Å². The molecule has 2 rings (SSSR count). The van der Waals surface area contributed by atoms with Gasteiger partial charge in [0.1, 0.15) is 0 Å². The Kier molecular flexibility index (Phi) is 5.47. The van der Waals surface area contributed by atoms with Gasteiger partial charge in [0.25, 0.3) is 0 Å². The van der Waals surface area contributed by atoms with Crippen LogP contribution in [0.15, 0.2) is 42.0 Å². The zero-order valence-electron chi connectivity index (χ0n) is 11.5. The van der Waals surface area contributed by atoms with E-state index in [1.807, 2.05) is 0 Å². The zero-order valence-corrected chi connectivity index (χ0v) is 11.5. The summed E-state index contributed by atoms with van der Waals surface area (Å²) in [5, 5.41) is 3.55. The van der Waals surface area contributed by atoms with E-state index in [2.05, 4.69) is 48.6 Å². The fourth-order valence-corrected chi connectivity index (χ4v) is 2.21. The summed E-state index contributed by atoms with van der Waals surface area (Å²) < 4.78 is 0. The molecule has 0 radical (unpaired) electrons. The van der Waals surface area contributed by atoms with Gasteiger partial charge in [-0.3, -0.25) is 0 Å². The second-order valence-corrected chi connectivity index (χ2v) is 5.41. The molecule has 1 nitrogen and oxygen atoms in total. The molecule has 0 heterocycles. The highest BCUT2D eigenvalue weighted by atomic mass is 14.9. The van der Waals surface area contributed by atoms with E-state index in [0.29, 0.717) is 0 Å². The lowest BCUT2D eigenvalue weighted by Crippen LogP contribution is -2.16. The van der Waals surface area contributed by atoms with E-state index in [1.54, 1.807) is 5.57 Å². The number of hydrogen-bond acceptors (Lipinski definition) is 1. The van der Waals surface area contributed by atoms with E-state index in [-0.39, 0.29) is 0 Å². The maximum absolute atomic E-state index is 3.55.